The van der Waals surface area contributed by atoms with E-state index in [1.807, 2.05) is 0 Å². The van der Waals surface area contributed by atoms with Gasteiger partial charge >= 0.3 is 0 Å². The highest BCUT2D eigenvalue weighted by molar-refractivity contribution is 5.81. The Morgan fingerprint density at radius 3 is 2.00 bits per heavy atom. The van der Waals surface area contributed by atoms with Crippen LogP contribution in [0, 0.1) is 10.8 Å². The molecule has 0 saturated carbocycles. The van der Waals surface area contributed by atoms with E-state index in [1.165, 1.54) is 24.1 Å². The minimum atomic E-state index is 0.0276. The molecule has 1 saturated heterocycles. The lowest BCUT2D eigenvalue weighted by molar-refractivity contribution is -0.130. The molecule has 0 N–H and O–H groups in total. The number of nitrogens with zero attached hydrogens (tertiary/aromatic N) is 2. The number of hydrogen-bond acceptors (Lipinski definition) is 2. The molecule has 2 aliphatic heterocycles. The van der Waals surface area contributed by atoms with Gasteiger partial charge in [-0.05, 0) is 43.3 Å². The first-order valence-electron chi connectivity index (χ1n) is 8.37. The minimum absolute atomic E-state index is 0.0276. The summed E-state index contributed by atoms with van der Waals surface area (Å²) in [6.07, 6.45) is 3.51. The van der Waals surface area contributed by atoms with E-state index >= 15 is 0 Å². The lowest BCUT2D eigenvalue weighted by atomic mass is 9.78. The van der Waals surface area contributed by atoms with Crippen molar-refractivity contribution < 1.29 is 4.79 Å². The maximum Gasteiger partial charge on any atom is 0.240 e. The summed E-state index contributed by atoms with van der Waals surface area (Å²) in [4.78, 5) is 17.2. The smallest absolute Gasteiger partial charge is 0.240 e. The van der Waals surface area contributed by atoms with E-state index in [0.29, 0.717) is 12.5 Å². The van der Waals surface area contributed by atoms with Crippen molar-refractivity contribution in [2.24, 2.45) is 10.8 Å². The van der Waals surface area contributed by atoms with Crippen LogP contribution in [0.1, 0.15) is 60.8 Å². The highest BCUT2D eigenvalue weighted by Crippen LogP contribution is 2.44. The van der Waals surface area contributed by atoms with Gasteiger partial charge in [-0.1, -0.05) is 41.5 Å². The van der Waals surface area contributed by atoms with Gasteiger partial charge in [0.25, 0.3) is 0 Å². The van der Waals surface area contributed by atoms with Crippen molar-refractivity contribution in [2.45, 2.75) is 60.8 Å². The Bertz CT molecular complexity index is 431. The van der Waals surface area contributed by atoms with Gasteiger partial charge in [0.2, 0.25) is 5.91 Å². The fourth-order valence-corrected chi connectivity index (χ4v) is 3.67. The molecule has 0 atom stereocenters. The quantitative estimate of drug-likeness (QED) is 0.775. The molecule has 1 amide bonds. The van der Waals surface area contributed by atoms with E-state index in [-0.39, 0.29) is 10.8 Å². The molecule has 0 radical (unpaired) electrons. The summed E-state index contributed by atoms with van der Waals surface area (Å²) >= 11 is 0. The first-order valence-corrected chi connectivity index (χ1v) is 8.37. The molecule has 2 aliphatic rings. The van der Waals surface area contributed by atoms with Crippen LogP contribution >= 0.6 is 0 Å². The normalized spacial score (nSPS) is 21.5. The molecule has 0 unspecified atom stereocenters. The van der Waals surface area contributed by atoms with E-state index in [1.54, 1.807) is 0 Å². The molecule has 0 aromatic heterocycles. The average Bonchev–Trinajstić information content (AvgIpc) is 2.94. The van der Waals surface area contributed by atoms with Crippen LogP contribution in [0.3, 0.4) is 0 Å². The predicted octanol–water partition coefficient (Wildman–Crippen LogP) is 3.66. The number of hydrogen-bond donors (Lipinski definition) is 0. The number of carbonyl (C=O) groups excluding carboxylic acids is 1. The second kappa shape index (κ2) is 5.75. The summed E-state index contributed by atoms with van der Waals surface area (Å²) in [5.74, 6) is 0.293. The second-order valence-electron chi connectivity index (χ2n) is 8.61. The third-order valence-electron chi connectivity index (χ3n) is 4.62. The highest BCUT2D eigenvalue weighted by atomic mass is 16.2. The van der Waals surface area contributed by atoms with Gasteiger partial charge in [0.15, 0.2) is 0 Å². The van der Waals surface area contributed by atoms with E-state index in [9.17, 15) is 4.79 Å². The zero-order valence-electron chi connectivity index (χ0n) is 14.8. The van der Waals surface area contributed by atoms with E-state index in [4.69, 9.17) is 0 Å². The molecular weight excluding hydrogens is 260 g/mol. The van der Waals surface area contributed by atoms with Crippen molar-refractivity contribution in [3.05, 3.63) is 11.3 Å². The molecule has 0 bridgehead atoms. The van der Waals surface area contributed by atoms with Gasteiger partial charge in [-0.25, -0.2) is 0 Å². The first kappa shape index (κ1) is 16.5. The number of rotatable bonds is 2. The Balaban J connectivity index is 2.22. The van der Waals surface area contributed by atoms with Gasteiger partial charge in [-0.15, -0.1) is 0 Å². The lowest BCUT2D eigenvalue weighted by Gasteiger charge is -2.34. The molecule has 0 aromatic rings. The molecule has 1 fully saturated rings. The summed E-state index contributed by atoms with van der Waals surface area (Å²) in [5.41, 5.74) is 2.91. The molecule has 0 spiro atoms. The molecule has 3 heteroatoms. The lowest BCUT2D eigenvalue weighted by Crippen LogP contribution is -2.40. The molecule has 3 nitrogen and oxygen atoms in total. The topological polar surface area (TPSA) is 23.6 Å². The van der Waals surface area contributed by atoms with E-state index < -0.39 is 0 Å². The summed E-state index contributed by atoms with van der Waals surface area (Å²) in [7, 11) is 0. The Morgan fingerprint density at radius 2 is 1.52 bits per heavy atom. The highest BCUT2D eigenvalue weighted by Gasteiger charge is 2.38. The van der Waals surface area contributed by atoms with Crippen LogP contribution in [-0.4, -0.2) is 41.9 Å². The fraction of sp³-hybridized carbons (Fsp3) is 0.833. The zero-order valence-corrected chi connectivity index (χ0v) is 14.8. The maximum atomic E-state index is 12.8. The molecule has 120 valence electrons. The molecule has 2 heterocycles. The van der Waals surface area contributed by atoms with Crippen LogP contribution < -0.4 is 0 Å². The van der Waals surface area contributed by atoms with Gasteiger partial charge in [0, 0.05) is 17.7 Å². The zero-order chi connectivity index (χ0) is 15.8. The van der Waals surface area contributed by atoms with Gasteiger partial charge in [0.05, 0.1) is 6.54 Å². The van der Waals surface area contributed by atoms with Crippen molar-refractivity contribution >= 4 is 5.91 Å². The third kappa shape index (κ3) is 3.68. The van der Waals surface area contributed by atoms with Crippen molar-refractivity contribution in [3.63, 3.8) is 0 Å². The Hall–Kier alpha value is -0.830. The van der Waals surface area contributed by atoms with Gasteiger partial charge in [-0.2, -0.15) is 0 Å². The summed E-state index contributed by atoms with van der Waals surface area (Å²) in [6.45, 7) is 17.1. The van der Waals surface area contributed by atoms with Crippen LogP contribution in [0.2, 0.25) is 0 Å². The van der Waals surface area contributed by atoms with Crippen molar-refractivity contribution in [1.82, 2.24) is 9.80 Å². The number of likely N-dealkylation sites (tertiary alicyclic amines) is 1. The van der Waals surface area contributed by atoms with Crippen molar-refractivity contribution in [1.29, 1.82) is 0 Å². The third-order valence-corrected chi connectivity index (χ3v) is 4.62. The number of allylic oxidation sites excluding steroid dienone is 1. The fourth-order valence-electron chi connectivity index (χ4n) is 3.67. The summed E-state index contributed by atoms with van der Waals surface area (Å²) in [6, 6.07) is 0. The van der Waals surface area contributed by atoms with Crippen LogP contribution in [0.25, 0.3) is 0 Å². The largest absolute Gasteiger partial charge is 0.314 e. The monoisotopic (exact) mass is 292 g/mol. The van der Waals surface area contributed by atoms with Crippen LogP contribution in [-0.2, 0) is 4.79 Å². The van der Waals surface area contributed by atoms with Gasteiger partial charge in [0.1, 0.15) is 0 Å². The summed E-state index contributed by atoms with van der Waals surface area (Å²) in [5, 5.41) is 0. The molecule has 21 heavy (non-hydrogen) atoms. The molecular formula is C18H32N2O. The Morgan fingerprint density at radius 1 is 0.952 bits per heavy atom. The Kier molecular flexibility index (Phi) is 4.53. The minimum Gasteiger partial charge on any atom is -0.314 e. The van der Waals surface area contributed by atoms with E-state index in [0.717, 1.165) is 26.1 Å². The van der Waals surface area contributed by atoms with Crippen LogP contribution in [0.4, 0.5) is 0 Å². The van der Waals surface area contributed by atoms with Gasteiger partial charge in [-0.3, -0.25) is 9.69 Å². The number of amides is 1. The average molecular weight is 292 g/mol. The van der Waals surface area contributed by atoms with Gasteiger partial charge < -0.3 is 4.90 Å². The van der Waals surface area contributed by atoms with Crippen molar-refractivity contribution in [3.8, 4) is 0 Å². The molecule has 0 aromatic carbocycles. The van der Waals surface area contributed by atoms with E-state index in [2.05, 4.69) is 51.3 Å². The van der Waals surface area contributed by atoms with Crippen LogP contribution in [0.5, 0.6) is 0 Å². The number of carbonyl (C=O) groups is 1. The summed E-state index contributed by atoms with van der Waals surface area (Å²) < 4.78 is 0. The standard InChI is InChI=1S/C18H32N2O/c1-17(2,3)14-9-12-20(16(14)18(4,5)6)15(21)13-19-10-7-8-11-19/h7-13H2,1-6H3. The second-order valence-corrected chi connectivity index (χ2v) is 8.61. The van der Waals surface area contributed by atoms with Crippen molar-refractivity contribution in [2.75, 3.05) is 26.2 Å². The van der Waals surface area contributed by atoms with Crippen LogP contribution in [0.15, 0.2) is 11.3 Å². The SMILES string of the molecule is CC(C)(C)C1=C(C(C)(C)C)N(C(=O)CN2CCCC2)CC1. The predicted molar refractivity (Wildman–Crippen MR) is 87.9 cm³/mol. The first-order chi connectivity index (χ1) is 9.60. The molecule has 0 aliphatic carbocycles. The Labute approximate surface area is 130 Å². The maximum absolute atomic E-state index is 12.8. The molecule has 2 rings (SSSR count).